The van der Waals surface area contributed by atoms with Crippen LogP contribution in [0.5, 0.6) is 0 Å². The van der Waals surface area contributed by atoms with Gasteiger partial charge in [0.2, 0.25) is 10.0 Å². The Balaban J connectivity index is 2.45. The van der Waals surface area contributed by atoms with Gasteiger partial charge < -0.3 is 4.90 Å². The Kier molecular flexibility index (Phi) is 6.82. The summed E-state index contributed by atoms with van der Waals surface area (Å²) < 4.78 is 26.7. The molecule has 1 aromatic rings. The molecule has 0 heterocycles. The van der Waals surface area contributed by atoms with E-state index >= 15 is 0 Å². The molecule has 0 aliphatic rings. The minimum atomic E-state index is -3.52. The van der Waals surface area contributed by atoms with Crippen molar-refractivity contribution >= 4 is 10.0 Å². The zero-order chi connectivity index (χ0) is 15.9. The number of hydrogen-bond donors (Lipinski definition) is 1. The van der Waals surface area contributed by atoms with E-state index in [2.05, 4.69) is 30.5 Å². The summed E-state index contributed by atoms with van der Waals surface area (Å²) in [6.07, 6.45) is 1.73. The van der Waals surface area contributed by atoms with Crippen molar-refractivity contribution in [2.45, 2.75) is 37.6 Å². The SMILES string of the molecule is CC(C)N(C)CCCCNS(=O)(=O)c1cccc(C#N)c1. The fraction of sp³-hybridized carbons (Fsp3) is 0.533. The number of nitriles is 1. The molecule has 0 spiro atoms. The number of unbranched alkanes of at least 4 members (excludes halogenated alkanes) is 1. The van der Waals surface area contributed by atoms with Gasteiger partial charge >= 0.3 is 0 Å². The molecular weight excluding hydrogens is 286 g/mol. The molecule has 0 aliphatic carbocycles. The van der Waals surface area contributed by atoms with Gasteiger partial charge in [-0.25, -0.2) is 13.1 Å². The summed E-state index contributed by atoms with van der Waals surface area (Å²) >= 11 is 0. The second-order valence-corrected chi connectivity index (χ2v) is 7.09. The van der Waals surface area contributed by atoms with E-state index in [1.54, 1.807) is 12.1 Å². The summed E-state index contributed by atoms with van der Waals surface area (Å²) in [4.78, 5) is 2.37. The molecule has 5 nitrogen and oxygen atoms in total. The molecule has 0 radical (unpaired) electrons. The Morgan fingerprint density at radius 3 is 2.67 bits per heavy atom. The molecule has 0 aliphatic heterocycles. The van der Waals surface area contributed by atoms with E-state index in [0.29, 0.717) is 18.2 Å². The lowest BCUT2D eigenvalue weighted by molar-refractivity contribution is 0.268. The quantitative estimate of drug-likeness (QED) is 0.745. The van der Waals surface area contributed by atoms with Crippen LogP contribution in [-0.2, 0) is 10.0 Å². The van der Waals surface area contributed by atoms with Gasteiger partial charge in [-0.05, 0) is 58.5 Å². The number of nitrogens with zero attached hydrogens (tertiary/aromatic N) is 2. The fourth-order valence-electron chi connectivity index (χ4n) is 1.77. The van der Waals surface area contributed by atoms with Crippen LogP contribution in [-0.4, -0.2) is 39.5 Å². The van der Waals surface area contributed by atoms with E-state index in [0.717, 1.165) is 19.4 Å². The molecule has 1 N–H and O–H groups in total. The van der Waals surface area contributed by atoms with Crippen molar-refractivity contribution in [3.8, 4) is 6.07 Å². The van der Waals surface area contributed by atoms with E-state index in [1.165, 1.54) is 12.1 Å². The molecule has 1 aromatic carbocycles. The normalized spacial score (nSPS) is 11.8. The van der Waals surface area contributed by atoms with Crippen molar-refractivity contribution in [3.05, 3.63) is 29.8 Å². The molecule has 0 unspecified atom stereocenters. The minimum absolute atomic E-state index is 0.140. The highest BCUT2D eigenvalue weighted by atomic mass is 32.2. The monoisotopic (exact) mass is 309 g/mol. The summed E-state index contributed by atoms with van der Waals surface area (Å²) in [5.74, 6) is 0. The van der Waals surface area contributed by atoms with Gasteiger partial charge in [0.25, 0.3) is 0 Å². The lowest BCUT2D eigenvalue weighted by Gasteiger charge is -2.20. The number of nitrogens with one attached hydrogen (secondary N) is 1. The molecule has 1 rings (SSSR count). The molecule has 0 aromatic heterocycles. The molecule has 0 bridgehead atoms. The first-order valence-corrected chi connectivity index (χ1v) is 8.55. The summed E-state index contributed by atoms with van der Waals surface area (Å²) in [5, 5.41) is 8.80. The largest absolute Gasteiger partial charge is 0.304 e. The predicted molar refractivity (Wildman–Crippen MR) is 83.3 cm³/mol. The maximum absolute atomic E-state index is 12.1. The van der Waals surface area contributed by atoms with Crippen LogP contribution in [0.4, 0.5) is 0 Å². The average Bonchev–Trinajstić information content (AvgIpc) is 2.46. The Morgan fingerprint density at radius 2 is 2.05 bits per heavy atom. The third-order valence-corrected chi connectivity index (χ3v) is 4.84. The van der Waals surface area contributed by atoms with E-state index in [4.69, 9.17) is 5.26 Å². The maximum atomic E-state index is 12.1. The standard InChI is InChI=1S/C15H23N3O2S/c1-13(2)18(3)10-5-4-9-17-21(19,20)15-8-6-7-14(11-15)12-16/h6-8,11,13,17H,4-5,9-10H2,1-3H3. The van der Waals surface area contributed by atoms with Crippen LogP contribution in [0, 0.1) is 11.3 Å². The van der Waals surface area contributed by atoms with Crippen LogP contribution in [0.1, 0.15) is 32.3 Å². The third kappa shape index (κ3) is 5.84. The van der Waals surface area contributed by atoms with Crippen molar-refractivity contribution < 1.29 is 8.42 Å². The highest BCUT2D eigenvalue weighted by Crippen LogP contribution is 2.10. The van der Waals surface area contributed by atoms with Gasteiger partial charge in [-0.15, -0.1) is 0 Å². The van der Waals surface area contributed by atoms with Gasteiger partial charge in [0.05, 0.1) is 16.5 Å². The predicted octanol–water partition coefficient (Wildman–Crippen LogP) is 1.96. The molecule has 0 amide bonds. The van der Waals surface area contributed by atoms with Crippen LogP contribution in [0.2, 0.25) is 0 Å². The first-order chi connectivity index (χ1) is 9.86. The zero-order valence-electron chi connectivity index (χ0n) is 12.8. The van der Waals surface area contributed by atoms with Gasteiger partial charge in [0.1, 0.15) is 0 Å². The molecule has 0 saturated carbocycles. The minimum Gasteiger partial charge on any atom is -0.304 e. The van der Waals surface area contributed by atoms with Crippen LogP contribution in [0.3, 0.4) is 0 Å². The second-order valence-electron chi connectivity index (χ2n) is 5.32. The molecule has 6 heteroatoms. The number of hydrogen-bond acceptors (Lipinski definition) is 4. The topological polar surface area (TPSA) is 73.2 Å². The highest BCUT2D eigenvalue weighted by molar-refractivity contribution is 7.89. The number of sulfonamides is 1. The van der Waals surface area contributed by atoms with Crippen LogP contribution in [0.15, 0.2) is 29.2 Å². The Morgan fingerprint density at radius 1 is 1.33 bits per heavy atom. The Labute approximate surface area is 127 Å². The summed E-state index contributed by atoms with van der Waals surface area (Å²) in [5.41, 5.74) is 0.344. The molecule has 21 heavy (non-hydrogen) atoms. The summed E-state index contributed by atoms with van der Waals surface area (Å²) in [6.45, 7) is 5.62. The van der Waals surface area contributed by atoms with Gasteiger partial charge in [0, 0.05) is 12.6 Å². The molecular formula is C15H23N3O2S. The average molecular weight is 309 g/mol. The summed E-state index contributed by atoms with van der Waals surface area (Å²) in [6, 6.07) is 8.47. The third-order valence-electron chi connectivity index (χ3n) is 3.38. The lowest BCUT2D eigenvalue weighted by Crippen LogP contribution is -2.29. The van der Waals surface area contributed by atoms with E-state index in [1.807, 2.05) is 6.07 Å². The van der Waals surface area contributed by atoms with E-state index in [9.17, 15) is 8.42 Å². The van der Waals surface area contributed by atoms with Crippen molar-refractivity contribution in [2.24, 2.45) is 0 Å². The van der Waals surface area contributed by atoms with Crippen molar-refractivity contribution in [1.29, 1.82) is 5.26 Å². The Hall–Kier alpha value is -1.42. The van der Waals surface area contributed by atoms with E-state index < -0.39 is 10.0 Å². The van der Waals surface area contributed by atoms with Crippen LogP contribution < -0.4 is 4.72 Å². The fourth-order valence-corrected chi connectivity index (χ4v) is 2.89. The van der Waals surface area contributed by atoms with Gasteiger partial charge in [-0.2, -0.15) is 5.26 Å². The molecule has 0 atom stereocenters. The number of benzene rings is 1. The number of rotatable bonds is 8. The molecule has 0 fully saturated rings. The summed E-state index contributed by atoms with van der Waals surface area (Å²) in [7, 11) is -1.47. The van der Waals surface area contributed by atoms with Crippen LogP contribution in [0.25, 0.3) is 0 Å². The van der Waals surface area contributed by atoms with E-state index in [-0.39, 0.29) is 4.90 Å². The second kappa shape index (κ2) is 8.13. The van der Waals surface area contributed by atoms with Gasteiger partial charge in [0.15, 0.2) is 0 Å². The smallest absolute Gasteiger partial charge is 0.240 e. The van der Waals surface area contributed by atoms with Crippen molar-refractivity contribution in [2.75, 3.05) is 20.1 Å². The van der Waals surface area contributed by atoms with Gasteiger partial charge in [-0.3, -0.25) is 0 Å². The van der Waals surface area contributed by atoms with Crippen molar-refractivity contribution in [3.63, 3.8) is 0 Å². The first-order valence-electron chi connectivity index (χ1n) is 7.07. The molecule has 116 valence electrons. The zero-order valence-corrected chi connectivity index (χ0v) is 13.7. The first kappa shape index (κ1) is 17.6. The molecule has 0 saturated heterocycles. The van der Waals surface area contributed by atoms with Crippen molar-refractivity contribution in [1.82, 2.24) is 9.62 Å². The highest BCUT2D eigenvalue weighted by Gasteiger charge is 2.13. The maximum Gasteiger partial charge on any atom is 0.240 e. The van der Waals surface area contributed by atoms with Gasteiger partial charge in [-0.1, -0.05) is 6.07 Å². The lowest BCUT2D eigenvalue weighted by atomic mass is 10.2. The van der Waals surface area contributed by atoms with Crippen LogP contribution >= 0.6 is 0 Å². The Bertz CT molecular complexity index is 591.